The molecule has 0 unspecified atom stereocenters. The lowest BCUT2D eigenvalue weighted by molar-refractivity contribution is 0.0413. The van der Waals surface area contributed by atoms with Gasteiger partial charge in [-0.1, -0.05) is 12.5 Å². The molecule has 0 amide bonds. The van der Waals surface area contributed by atoms with Gasteiger partial charge in [0.05, 0.1) is 16.6 Å². The summed E-state index contributed by atoms with van der Waals surface area (Å²) in [6.07, 6.45) is 2.64. The topological polar surface area (TPSA) is 46.2 Å². The fourth-order valence-corrected chi connectivity index (χ4v) is 2.24. The predicted molar refractivity (Wildman–Crippen MR) is 71.6 cm³/mol. The summed E-state index contributed by atoms with van der Waals surface area (Å²) in [4.78, 5) is 0. The van der Waals surface area contributed by atoms with E-state index in [2.05, 4.69) is 15.9 Å². The zero-order valence-electron chi connectivity index (χ0n) is 9.27. The molecule has 1 aromatic carbocycles. The average molecular weight is 325 g/mol. The molecular formula is C12H16BrClFNO. The van der Waals surface area contributed by atoms with E-state index in [0.717, 1.165) is 19.3 Å². The van der Waals surface area contributed by atoms with Gasteiger partial charge in [-0.05, 0) is 52.4 Å². The highest BCUT2D eigenvalue weighted by atomic mass is 79.9. The van der Waals surface area contributed by atoms with E-state index >= 15 is 0 Å². The molecule has 2 nitrogen and oxygen atoms in total. The van der Waals surface area contributed by atoms with Crippen molar-refractivity contribution < 1.29 is 9.50 Å². The minimum absolute atomic E-state index is 0. The number of hydrogen-bond donors (Lipinski definition) is 2. The lowest BCUT2D eigenvalue weighted by Crippen LogP contribution is -2.36. The Morgan fingerprint density at radius 1 is 1.41 bits per heavy atom. The Morgan fingerprint density at radius 2 is 2.06 bits per heavy atom. The molecule has 0 radical (unpaired) electrons. The molecule has 0 saturated heterocycles. The lowest BCUT2D eigenvalue weighted by atomic mass is 9.77. The van der Waals surface area contributed by atoms with E-state index in [-0.39, 0.29) is 24.1 Å². The summed E-state index contributed by atoms with van der Waals surface area (Å²) in [6.45, 7) is 0. The molecule has 0 aliphatic heterocycles. The van der Waals surface area contributed by atoms with Gasteiger partial charge in [-0.3, -0.25) is 0 Å². The first-order valence-electron chi connectivity index (χ1n) is 5.48. The molecule has 1 fully saturated rings. The molecule has 0 bridgehead atoms. The number of aliphatic hydroxyl groups excluding tert-OH is 1. The Morgan fingerprint density at radius 3 is 2.53 bits per heavy atom. The maximum atomic E-state index is 13.3. The Kier molecular flexibility index (Phi) is 5.38. The van der Waals surface area contributed by atoms with Crippen LogP contribution in [-0.4, -0.2) is 11.2 Å². The van der Waals surface area contributed by atoms with E-state index in [0.29, 0.717) is 10.0 Å². The maximum Gasteiger partial charge on any atom is 0.137 e. The van der Waals surface area contributed by atoms with Crippen molar-refractivity contribution >= 4 is 28.3 Å². The van der Waals surface area contributed by atoms with Crippen molar-refractivity contribution in [3.8, 4) is 0 Å². The highest BCUT2D eigenvalue weighted by molar-refractivity contribution is 9.10. The molecule has 0 spiro atoms. The Hall–Kier alpha value is -0.160. The van der Waals surface area contributed by atoms with Gasteiger partial charge in [-0.25, -0.2) is 4.39 Å². The van der Waals surface area contributed by atoms with Gasteiger partial charge in [0, 0.05) is 0 Å². The van der Waals surface area contributed by atoms with Crippen LogP contribution in [0.1, 0.15) is 30.9 Å². The zero-order valence-corrected chi connectivity index (χ0v) is 11.7. The molecule has 0 aromatic heterocycles. The van der Waals surface area contributed by atoms with Gasteiger partial charge < -0.3 is 10.8 Å². The van der Waals surface area contributed by atoms with Gasteiger partial charge in [-0.2, -0.15) is 0 Å². The lowest BCUT2D eigenvalue weighted by Gasteiger charge is -2.33. The third-order valence-electron chi connectivity index (χ3n) is 3.33. The van der Waals surface area contributed by atoms with Crippen LogP contribution in [0.2, 0.25) is 0 Å². The van der Waals surface area contributed by atoms with Gasteiger partial charge in [-0.15, -0.1) is 12.4 Å². The minimum atomic E-state index is -0.561. The minimum Gasteiger partial charge on any atom is -0.391 e. The van der Waals surface area contributed by atoms with Crippen LogP contribution in [0.3, 0.4) is 0 Å². The van der Waals surface area contributed by atoms with Gasteiger partial charge in [0.2, 0.25) is 0 Å². The highest BCUT2D eigenvalue weighted by Crippen LogP contribution is 2.34. The van der Waals surface area contributed by atoms with Crippen LogP contribution in [0.5, 0.6) is 0 Å². The van der Waals surface area contributed by atoms with E-state index in [9.17, 15) is 9.50 Å². The van der Waals surface area contributed by atoms with Crippen LogP contribution < -0.4 is 5.73 Å². The number of benzene rings is 1. The largest absolute Gasteiger partial charge is 0.391 e. The molecule has 3 N–H and O–H groups in total. The van der Waals surface area contributed by atoms with Crippen molar-refractivity contribution in [2.45, 2.75) is 31.4 Å². The van der Waals surface area contributed by atoms with Crippen LogP contribution in [0.15, 0.2) is 22.7 Å². The first-order chi connectivity index (χ1) is 7.59. The fraction of sp³-hybridized carbons (Fsp3) is 0.500. The van der Waals surface area contributed by atoms with Gasteiger partial charge in [0.25, 0.3) is 0 Å². The fourth-order valence-electron chi connectivity index (χ4n) is 1.99. The van der Waals surface area contributed by atoms with Crippen molar-refractivity contribution in [1.29, 1.82) is 0 Å². The van der Waals surface area contributed by atoms with E-state index in [4.69, 9.17) is 5.73 Å². The van der Waals surface area contributed by atoms with E-state index < -0.39 is 12.1 Å². The summed E-state index contributed by atoms with van der Waals surface area (Å²) in [5.41, 5.74) is 6.59. The number of aliphatic hydroxyl groups is 1. The third kappa shape index (κ3) is 3.19. The molecule has 2 rings (SSSR count). The molecule has 96 valence electrons. The highest BCUT2D eigenvalue weighted by Gasteiger charge is 2.30. The maximum absolute atomic E-state index is 13.3. The Balaban J connectivity index is 0.00000144. The number of nitrogens with two attached hydrogens (primary N) is 1. The van der Waals surface area contributed by atoms with Gasteiger partial charge in [0.1, 0.15) is 5.82 Å². The van der Waals surface area contributed by atoms with E-state index in [1.54, 1.807) is 12.1 Å². The third-order valence-corrected chi connectivity index (χ3v) is 3.97. The molecule has 2 atom stereocenters. The first kappa shape index (κ1) is 14.9. The monoisotopic (exact) mass is 323 g/mol. The second kappa shape index (κ2) is 6.14. The molecule has 17 heavy (non-hydrogen) atoms. The summed E-state index contributed by atoms with van der Waals surface area (Å²) in [5.74, 6) is -0.0598. The molecule has 0 heterocycles. The summed E-state index contributed by atoms with van der Waals surface area (Å²) in [5, 5.41) is 9.99. The molecule has 1 aromatic rings. The van der Waals surface area contributed by atoms with Crippen LogP contribution >= 0.6 is 28.3 Å². The summed E-state index contributed by atoms with van der Waals surface area (Å²) >= 11 is 3.09. The van der Waals surface area contributed by atoms with Gasteiger partial charge in [0.15, 0.2) is 0 Å². The SMILES string of the molecule is Cl.N[C@H](c1ccc(Br)c(F)c1)[C@@H](O)C1CCC1. The molecule has 1 aliphatic rings. The Labute approximate surface area is 115 Å². The summed E-state index contributed by atoms with van der Waals surface area (Å²) in [7, 11) is 0. The smallest absolute Gasteiger partial charge is 0.137 e. The molecule has 5 heteroatoms. The molecular weight excluding hydrogens is 308 g/mol. The van der Waals surface area contributed by atoms with Crippen LogP contribution in [0.25, 0.3) is 0 Å². The second-order valence-electron chi connectivity index (χ2n) is 4.38. The molecule has 1 saturated carbocycles. The number of rotatable bonds is 3. The van der Waals surface area contributed by atoms with Crippen molar-refractivity contribution in [3.05, 3.63) is 34.1 Å². The number of hydrogen-bond acceptors (Lipinski definition) is 2. The number of halogens is 3. The van der Waals surface area contributed by atoms with E-state index in [1.807, 2.05) is 0 Å². The van der Waals surface area contributed by atoms with Gasteiger partial charge >= 0.3 is 0 Å². The van der Waals surface area contributed by atoms with E-state index in [1.165, 1.54) is 6.07 Å². The van der Waals surface area contributed by atoms with Crippen LogP contribution in [0, 0.1) is 11.7 Å². The van der Waals surface area contributed by atoms with Crippen molar-refractivity contribution in [2.24, 2.45) is 11.7 Å². The zero-order chi connectivity index (χ0) is 11.7. The average Bonchev–Trinajstić information content (AvgIpc) is 2.18. The standard InChI is InChI=1S/C12H15BrFNO.ClH/c13-9-5-4-8(6-10(9)14)11(15)12(16)7-2-1-3-7;/h4-7,11-12,16H,1-3,15H2;1H/t11-,12+;/m1./s1. The van der Waals surface area contributed by atoms with Crippen molar-refractivity contribution in [3.63, 3.8) is 0 Å². The predicted octanol–water partition coefficient (Wildman–Crippen LogP) is 3.17. The summed E-state index contributed by atoms with van der Waals surface area (Å²) in [6, 6.07) is 4.27. The normalized spacial score (nSPS) is 19.1. The van der Waals surface area contributed by atoms with Crippen LogP contribution in [0.4, 0.5) is 4.39 Å². The summed E-state index contributed by atoms with van der Waals surface area (Å²) < 4.78 is 13.7. The quantitative estimate of drug-likeness (QED) is 0.897. The van der Waals surface area contributed by atoms with Crippen molar-refractivity contribution in [2.75, 3.05) is 0 Å². The Bertz CT molecular complexity index is 387. The van der Waals surface area contributed by atoms with Crippen molar-refractivity contribution in [1.82, 2.24) is 0 Å². The first-order valence-corrected chi connectivity index (χ1v) is 6.27. The molecule has 1 aliphatic carbocycles. The van der Waals surface area contributed by atoms with Crippen LogP contribution in [-0.2, 0) is 0 Å². The second-order valence-corrected chi connectivity index (χ2v) is 5.24.